The van der Waals surface area contributed by atoms with Gasteiger partial charge in [0.1, 0.15) is 5.54 Å². The van der Waals surface area contributed by atoms with Crippen LogP contribution in [0, 0.1) is 6.92 Å². The van der Waals surface area contributed by atoms with Gasteiger partial charge in [0.05, 0.1) is 0 Å². The monoisotopic (exact) mass is 298 g/mol. The molecule has 1 unspecified atom stereocenters. The fourth-order valence-corrected chi connectivity index (χ4v) is 4.47. The average Bonchev–Trinajstić information content (AvgIpc) is 3.27. The van der Waals surface area contributed by atoms with Crippen LogP contribution in [0.15, 0.2) is 24.3 Å². The van der Waals surface area contributed by atoms with Crippen LogP contribution in [-0.4, -0.2) is 40.4 Å². The Hall–Kier alpha value is -1.35. The molecule has 4 rings (SSSR count). The number of piperidine rings is 1. The number of aryl methyl sites for hydroxylation is 1. The predicted octanol–water partition coefficient (Wildman–Crippen LogP) is 3.11. The number of likely N-dealkylation sites (tertiary alicyclic amines) is 2. The maximum Gasteiger partial charge on any atom is 0.243 e. The molecule has 2 saturated heterocycles. The quantitative estimate of drug-likeness (QED) is 0.856. The summed E-state index contributed by atoms with van der Waals surface area (Å²) in [4.78, 5) is 17.9. The molecule has 2 aliphatic heterocycles. The molecule has 1 spiro atoms. The van der Waals surface area contributed by atoms with Crippen molar-refractivity contribution in [2.45, 2.75) is 63.6 Å². The van der Waals surface area contributed by atoms with E-state index >= 15 is 0 Å². The Bertz CT molecular complexity index is 581. The molecule has 118 valence electrons. The first kappa shape index (κ1) is 14.3. The lowest BCUT2D eigenvalue weighted by molar-refractivity contribution is -0.148. The van der Waals surface area contributed by atoms with Crippen molar-refractivity contribution in [3.8, 4) is 0 Å². The Morgan fingerprint density at radius 2 is 1.95 bits per heavy atom. The molecular formula is C19H26N2O. The minimum Gasteiger partial charge on any atom is -0.338 e. The summed E-state index contributed by atoms with van der Waals surface area (Å²) in [6, 6.07) is 9.30. The molecule has 1 saturated carbocycles. The van der Waals surface area contributed by atoms with Gasteiger partial charge in [-0.2, -0.15) is 0 Å². The van der Waals surface area contributed by atoms with E-state index in [0.717, 1.165) is 38.9 Å². The smallest absolute Gasteiger partial charge is 0.243 e. The number of rotatable bonds is 3. The van der Waals surface area contributed by atoms with Crippen LogP contribution in [0.5, 0.6) is 0 Å². The standard InChI is InChI=1S/C19H26N2O/c1-15-5-2-6-16(13-15)14-20-11-3-9-19(20)10-4-12-21(18(19)22)17-7-8-17/h2,5-6,13,17H,3-4,7-12,14H2,1H3. The van der Waals surface area contributed by atoms with Gasteiger partial charge in [-0.1, -0.05) is 29.8 Å². The second-order valence-electron chi connectivity index (χ2n) is 7.38. The first-order valence-corrected chi connectivity index (χ1v) is 8.81. The van der Waals surface area contributed by atoms with Crippen molar-refractivity contribution in [2.75, 3.05) is 13.1 Å². The zero-order valence-corrected chi connectivity index (χ0v) is 13.6. The Morgan fingerprint density at radius 3 is 2.68 bits per heavy atom. The topological polar surface area (TPSA) is 23.6 Å². The second kappa shape index (κ2) is 5.38. The summed E-state index contributed by atoms with van der Waals surface area (Å²) in [6.45, 7) is 5.12. The average molecular weight is 298 g/mol. The third kappa shape index (κ3) is 2.36. The van der Waals surface area contributed by atoms with Gasteiger partial charge in [0, 0.05) is 19.1 Å². The fourth-order valence-electron chi connectivity index (χ4n) is 4.47. The second-order valence-corrected chi connectivity index (χ2v) is 7.38. The number of hydrogen-bond acceptors (Lipinski definition) is 2. The van der Waals surface area contributed by atoms with Gasteiger partial charge in [-0.3, -0.25) is 9.69 Å². The van der Waals surface area contributed by atoms with Crippen LogP contribution in [0.25, 0.3) is 0 Å². The molecule has 22 heavy (non-hydrogen) atoms. The SMILES string of the molecule is Cc1cccc(CN2CCCC23CCCN(C2CC2)C3=O)c1. The Kier molecular flexibility index (Phi) is 3.48. The molecule has 0 aromatic heterocycles. The Balaban J connectivity index is 1.57. The molecule has 3 nitrogen and oxygen atoms in total. The van der Waals surface area contributed by atoms with Crippen LogP contribution in [0.3, 0.4) is 0 Å². The summed E-state index contributed by atoms with van der Waals surface area (Å²) in [7, 11) is 0. The highest BCUT2D eigenvalue weighted by Crippen LogP contribution is 2.42. The summed E-state index contributed by atoms with van der Waals surface area (Å²) >= 11 is 0. The fraction of sp³-hybridized carbons (Fsp3) is 0.632. The van der Waals surface area contributed by atoms with Crippen LogP contribution in [0.2, 0.25) is 0 Å². The molecule has 1 aliphatic carbocycles. The van der Waals surface area contributed by atoms with Gasteiger partial charge < -0.3 is 4.90 Å². The van der Waals surface area contributed by atoms with Crippen molar-refractivity contribution >= 4 is 5.91 Å². The largest absolute Gasteiger partial charge is 0.338 e. The molecule has 0 N–H and O–H groups in total. The molecular weight excluding hydrogens is 272 g/mol. The highest BCUT2D eigenvalue weighted by atomic mass is 16.2. The third-order valence-corrected chi connectivity index (χ3v) is 5.72. The van der Waals surface area contributed by atoms with Crippen LogP contribution in [-0.2, 0) is 11.3 Å². The lowest BCUT2D eigenvalue weighted by atomic mass is 9.85. The summed E-state index contributed by atoms with van der Waals surface area (Å²) in [5, 5.41) is 0. The Morgan fingerprint density at radius 1 is 1.18 bits per heavy atom. The minimum absolute atomic E-state index is 0.190. The van der Waals surface area contributed by atoms with Crippen molar-refractivity contribution in [2.24, 2.45) is 0 Å². The lowest BCUT2D eigenvalue weighted by Gasteiger charge is -2.45. The maximum atomic E-state index is 13.2. The van der Waals surface area contributed by atoms with Crippen molar-refractivity contribution in [3.63, 3.8) is 0 Å². The number of amides is 1. The third-order valence-electron chi connectivity index (χ3n) is 5.72. The normalized spacial score (nSPS) is 29.5. The summed E-state index contributed by atoms with van der Waals surface area (Å²) in [5.41, 5.74) is 2.46. The highest BCUT2D eigenvalue weighted by molar-refractivity contribution is 5.88. The van der Waals surface area contributed by atoms with E-state index in [1.807, 2.05) is 0 Å². The zero-order valence-electron chi connectivity index (χ0n) is 13.6. The molecule has 1 amide bonds. The van der Waals surface area contributed by atoms with E-state index in [-0.39, 0.29) is 5.54 Å². The highest BCUT2D eigenvalue weighted by Gasteiger charge is 2.52. The summed E-state index contributed by atoms with van der Waals surface area (Å²) in [6.07, 6.45) is 6.89. The van der Waals surface area contributed by atoms with Crippen molar-refractivity contribution < 1.29 is 4.79 Å². The maximum absolute atomic E-state index is 13.2. The molecule has 3 aliphatic rings. The molecule has 2 heterocycles. The molecule has 0 radical (unpaired) electrons. The molecule has 1 aromatic carbocycles. The molecule has 1 atom stereocenters. The van der Waals surface area contributed by atoms with Crippen LogP contribution in [0.4, 0.5) is 0 Å². The number of carbonyl (C=O) groups is 1. The van der Waals surface area contributed by atoms with E-state index < -0.39 is 0 Å². The van der Waals surface area contributed by atoms with Gasteiger partial charge >= 0.3 is 0 Å². The molecule has 0 bridgehead atoms. The van der Waals surface area contributed by atoms with E-state index in [0.29, 0.717) is 11.9 Å². The van der Waals surface area contributed by atoms with Crippen molar-refractivity contribution in [1.82, 2.24) is 9.80 Å². The number of benzene rings is 1. The molecule has 1 aromatic rings. The minimum atomic E-state index is -0.190. The van der Waals surface area contributed by atoms with E-state index in [9.17, 15) is 4.79 Å². The van der Waals surface area contributed by atoms with Gasteiger partial charge in [-0.05, 0) is 57.6 Å². The van der Waals surface area contributed by atoms with Gasteiger partial charge in [0.2, 0.25) is 5.91 Å². The zero-order chi connectivity index (χ0) is 15.2. The Labute approximate surface area is 133 Å². The lowest BCUT2D eigenvalue weighted by Crippen LogP contribution is -2.60. The number of nitrogens with zero attached hydrogens (tertiary/aromatic N) is 2. The first-order chi connectivity index (χ1) is 10.7. The van der Waals surface area contributed by atoms with Gasteiger partial charge in [-0.15, -0.1) is 0 Å². The van der Waals surface area contributed by atoms with E-state index in [1.165, 1.54) is 30.4 Å². The van der Waals surface area contributed by atoms with E-state index in [4.69, 9.17) is 0 Å². The van der Waals surface area contributed by atoms with Gasteiger partial charge in [0.15, 0.2) is 0 Å². The first-order valence-electron chi connectivity index (χ1n) is 8.81. The van der Waals surface area contributed by atoms with Crippen molar-refractivity contribution in [3.05, 3.63) is 35.4 Å². The van der Waals surface area contributed by atoms with E-state index in [1.54, 1.807) is 0 Å². The van der Waals surface area contributed by atoms with Crippen molar-refractivity contribution in [1.29, 1.82) is 0 Å². The molecule has 3 heteroatoms. The van der Waals surface area contributed by atoms with Gasteiger partial charge in [-0.25, -0.2) is 0 Å². The summed E-state index contributed by atoms with van der Waals surface area (Å²) in [5.74, 6) is 0.436. The summed E-state index contributed by atoms with van der Waals surface area (Å²) < 4.78 is 0. The number of hydrogen-bond donors (Lipinski definition) is 0. The van der Waals surface area contributed by atoms with E-state index in [2.05, 4.69) is 41.0 Å². The molecule has 3 fully saturated rings. The van der Waals surface area contributed by atoms with Crippen LogP contribution < -0.4 is 0 Å². The number of carbonyl (C=O) groups excluding carboxylic acids is 1. The van der Waals surface area contributed by atoms with Gasteiger partial charge in [0.25, 0.3) is 0 Å². The van der Waals surface area contributed by atoms with Crippen LogP contribution in [0.1, 0.15) is 49.7 Å². The van der Waals surface area contributed by atoms with Crippen LogP contribution >= 0.6 is 0 Å². The predicted molar refractivity (Wildman–Crippen MR) is 87.5 cm³/mol.